The number of allylic oxidation sites excluding steroid dienone is 5. The standard InChI is InChI=1S/C46H30O/c1-2-10-32-25-36(22-19-29(32)9-1)46-39-15-7-5-13-37(39)45(38-14-6-8-16-40(38)46)31-20-17-30(18-21-31)35-23-24-43-41(27-35)42-26-33-11-3-4-12-34(33)28-44(42)47-43/h1-28,39,46H. The number of furan rings is 1. The Balaban J connectivity index is 1.07. The number of hydrogen-bond acceptors (Lipinski definition) is 1. The summed E-state index contributed by atoms with van der Waals surface area (Å²) in [6.07, 6.45) is 9.14. The van der Waals surface area contributed by atoms with Crippen molar-refractivity contribution in [1.29, 1.82) is 0 Å². The van der Waals surface area contributed by atoms with E-state index in [2.05, 4.69) is 170 Å². The molecule has 2 unspecified atom stereocenters. The lowest BCUT2D eigenvalue weighted by Crippen LogP contribution is -2.22. The van der Waals surface area contributed by atoms with E-state index in [-0.39, 0.29) is 11.8 Å². The molecule has 8 aromatic rings. The molecule has 7 aromatic carbocycles. The molecule has 1 heteroatoms. The topological polar surface area (TPSA) is 13.1 Å². The van der Waals surface area contributed by atoms with Crippen molar-refractivity contribution < 1.29 is 4.42 Å². The molecule has 0 saturated heterocycles. The first kappa shape index (κ1) is 26.3. The largest absolute Gasteiger partial charge is 0.456 e. The Kier molecular flexibility index (Phi) is 5.77. The van der Waals surface area contributed by atoms with E-state index >= 15 is 0 Å². The molecule has 1 heterocycles. The Morgan fingerprint density at radius 3 is 2.00 bits per heavy atom. The first-order chi connectivity index (χ1) is 23.3. The summed E-state index contributed by atoms with van der Waals surface area (Å²) in [6.45, 7) is 0. The van der Waals surface area contributed by atoms with Gasteiger partial charge in [0.2, 0.25) is 0 Å². The molecule has 2 aliphatic carbocycles. The lowest BCUT2D eigenvalue weighted by Gasteiger charge is -2.37. The highest BCUT2D eigenvalue weighted by molar-refractivity contribution is 6.11. The Morgan fingerprint density at radius 1 is 0.468 bits per heavy atom. The molecular weight excluding hydrogens is 569 g/mol. The fourth-order valence-electron chi connectivity index (χ4n) is 8.02. The van der Waals surface area contributed by atoms with E-state index in [1.54, 1.807) is 0 Å². The Labute approximate surface area is 273 Å². The molecule has 0 spiro atoms. The predicted octanol–water partition coefficient (Wildman–Crippen LogP) is 12.2. The monoisotopic (exact) mass is 598 g/mol. The second kappa shape index (κ2) is 10.3. The SMILES string of the molecule is C1=CC2=C(c3ccc(-c4ccc5oc6cc7ccccc7cc6c5c4)cc3)c3ccccc3C(c3ccc4ccccc4c3)C2C=C1. The minimum Gasteiger partial charge on any atom is -0.456 e. The summed E-state index contributed by atoms with van der Waals surface area (Å²) >= 11 is 0. The van der Waals surface area contributed by atoms with Gasteiger partial charge in [0.25, 0.3) is 0 Å². The van der Waals surface area contributed by atoms with Crippen molar-refractivity contribution in [3.05, 3.63) is 198 Å². The Morgan fingerprint density at radius 2 is 1.15 bits per heavy atom. The van der Waals surface area contributed by atoms with Crippen molar-refractivity contribution in [2.24, 2.45) is 5.92 Å². The van der Waals surface area contributed by atoms with Crippen molar-refractivity contribution >= 4 is 49.1 Å². The van der Waals surface area contributed by atoms with E-state index in [0.717, 1.165) is 21.9 Å². The highest BCUT2D eigenvalue weighted by Gasteiger charge is 2.35. The normalized spacial score (nSPS) is 17.1. The molecule has 1 aromatic heterocycles. The molecule has 220 valence electrons. The van der Waals surface area contributed by atoms with Crippen LogP contribution in [0.2, 0.25) is 0 Å². The van der Waals surface area contributed by atoms with Gasteiger partial charge in [0.1, 0.15) is 11.2 Å². The first-order valence-electron chi connectivity index (χ1n) is 16.4. The van der Waals surface area contributed by atoms with Gasteiger partial charge in [0, 0.05) is 22.6 Å². The van der Waals surface area contributed by atoms with E-state index < -0.39 is 0 Å². The zero-order chi connectivity index (χ0) is 30.9. The summed E-state index contributed by atoms with van der Waals surface area (Å²) < 4.78 is 6.28. The van der Waals surface area contributed by atoms with Crippen molar-refractivity contribution in [2.75, 3.05) is 0 Å². The quantitative estimate of drug-likeness (QED) is 0.197. The first-order valence-corrected chi connectivity index (χ1v) is 16.4. The number of fused-ring (bicyclic) bond motifs is 7. The molecule has 0 bridgehead atoms. The fourth-order valence-corrected chi connectivity index (χ4v) is 8.02. The van der Waals surface area contributed by atoms with Crippen LogP contribution in [0.5, 0.6) is 0 Å². The maximum atomic E-state index is 6.28. The number of rotatable bonds is 3. The number of benzene rings is 7. The van der Waals surface area contributed by atoms with Crippen LogP contribution in [0.3, 0.4) is 0 Å². The van der Waals surface area contributed by atoms with Gasteiger partial charge in [-0.1, -0.05) is 146 Å². The summed E-state index contributed by atoms with van der Waals surface area (Å²) in [4.78, 5) is 0. The molecule has 2 aliphatic rings. The molecule has 0 fully saturated rings. The van der Waals surface area contributed by atoms with Gasteiger partial charge in [-0.15, -0.1) is 0 Å². The van der Waals surface area contributed by atoms with Gasteiger partial charge in [-0.05, 0) is 90.3 Å². The van der Waals surface area contributed by atoms with Crippen LogP contribution >= 0.6 is 0 Å². The molecule has 0 amide bonds. The van der Waals surface area contributed by atoms with E-state index in [0.29, 0.717) is 0 Å². The minimum atomic E-state index is 0.253. The second-order valence-electron chi connectivity index (χ2n) is 12.9. The van der Waals surface area contributed by atoms with Gasteiger partial charge in [-0.25, -0.2) is 0 Å². The zero-order valence-corrected chi connectivity index (χ0v) is 25.7. The lowest BCUT2D eigenvalue weighted by molar-refractivity contribution is 0.649. The zero-order valence-electron chi connectivity index (χ0n) is 25.7. The van der Waals surface area contributed by atoms with Crippen molar-refractivity contribution in [2.45, 2.75) is 5.92 Å². The van der Waals surface area contributed by atoms with Crippen molar-refractivity contribution in [3.63, 3.8) is 0 Å². The fraction of sp³-hybridized carbons (Fsp3) is 0.0435. The summed E-state index contributed by atoms with van der Waals surface area (Å²) in [7, 11) is 0. The summed E-state index contributed by atoms with van der Waals surface area (Å²) in [6, 6.07) is 53.3. The molecule has 0 saturated carbocycles. The van der Waals surface area contributed by atoms with Crippen molar-refractivity contribution in [3.8, 4) is 11.1 Å². The Hall–Kier alpha value is -5.92. The smallest absolute Gasteiger partial charge is 0.136 e. The lowest BCUT2D eigenvalue weighted by atomic mass is 9.66. The van der Waals surface area contributed by atoms with Gasteiger partial charge in [0.05, 0.1) is 0 Å². The summed E-state index contributed by atoms with van der Waals surface area (Å²) in [5.74, 6) is 0.516. The molecule has 10 rings (SSSR count). The highest BCUT2D eigenvalue weighted by atomic mass is 16.3. The van der Waals surface area contributed by atoms with Crippen LogP contribution in [0.1, 0.15) is 28.2 Å². The molecule has 0 N–H and O–H groups in total. The van der Waals surface area contributed by atoms with E-state index in [9.17, 15) is 0 Å². The molecule has 0 aliphatic heterocycles. The van der Waals surface area contributed by atoms with Gasteiger partial charge in [0.15, 0.2) is 0 Å². The molecule has 47 heavy (non-hydrogen) atoms. The highest BCUT2D eigenvalue weighted by Crippen LogP contribution is 2.50. The third-order valence-electron chi connectivity index (χ3n) is 10.3. The molecule has 2 atom stereocenters. The summed E-state index contributed by atoms with van der Waals surface area (Å²) in [5.41, 5.74) is 12.3. The van der Waals surface area contributed by atoms with E-state index in [1.807, 2.05) is 0 Å². The van der Waals surface area contributed by atoms with E-state index in [4.69, 9.17) is 4.42 Å². The van der Waals surface area contributed by atoms with Gasteiger partial charge >= 0.3 is 0 Å². The van der Waals surface area contributed by atoms with Gasteiger partial charge in [-0.2, -0.15) is 0 Å². The van der Waals surface area contributed by atoms with Crippen LogP contribution in [0, 0.1) is 5.92 Å². The minimum absolute atomic E-state index is 0.253. The van der Waals surface area contributed by atoms with Crippen LogP contribution < -0.4 is 0 Å². The molecule has 0 radical (unpaired) electrons. The third-order valence-corrected chi connectivity index (χ3v) is 10.3. The maximum absolute atomic E-state index is 6.28. The van der Waals surface area contributed by atoms with E-state index in [1.165, 1.54) is 66.1 Å². The second-order valence-corrected chi connectivity index (χ2v) is 12.9. The van der Waals surface area contributed by atoms with Crippen LogP contribution in [0.4, 0.5) is 0 Å². The number of hydrogen-bond donors (Lipinski definition) is 0. The third kappa shape index (κ3) is 4.17. The molecule has 1 nitrogen and oxygen atoms in total. The average Bonchev–Trinajstić information content (AvgIpc) is 3.49. The van der Waals surface area contributed by atoms with Crippen LogP contribution in [-0.2, 0) is 0 Å². The van der Waals surface area contributed by atoms with Crippen LogP contribution in [-0.4, -0.2) is 0 Å². The molecular formula is C46H30O. The summed E-state index contributed by atoms with van der Waals surface area (Å²) in [5, 5.41) is 7.31. The van der Waals surface area contributed by atoms with Crippen molar-refractivity contribution in [1.82, 2.24) is 0 Å². The van der Waals surface area contributed by atoms with Crippen LogP contribution in [0.15, 0.2) is 180 Å². The maximum Gasteiger partial charge on any atom is 0.136 e. The van der Waals surface area contributed by atoms with Gasteiger partial charge < -0.3 is 4.42 Å². The van der Waals surface area contributed by atoms with Crippen LogP contribution in [0.25, 0.3) is 60.2 Å². The average molecular weight is 599 g/mol. The predicted molar refractivity (Wildman–Crippen MR) is 197 cm³/mol. The van der Waals surface area contributed by atoms with Gasteiger partial charge in [-0.3, -0.25) is 0 Å². The Bertz CT molecular complexity index is 2630.